The Labute approximate surface area is 111 Å². The first kappa shape index (κ1) is 15.8. The van der Waals surface area contributed by atoms with Crippen LogP contribution in [0.5, 0.6) is 5.75 Å². The molecule has 2 unspecified atom stereocenters. The molecule has 0 aliphatic heterocycles. The van der Waals surface area contributed by atoms with E-state index < -0.39 is 18.3 Å². The Balaban J connectivity index is 2.96. The molecular weight excluding hydrogens is 255 g/mol. The van der Waals surface area contributed by atoms with E-state index in [1.807, 2.05) is 20.8 Å². The van der Waals surface area contributed by atoms with Crippen LogP contribution in [0.2, 0.25) is 0 Å². The SMILES string of the molecule is Cc1cc(OC(C(C)N)C(F)(F)F)ccc1C(C)C. The van der Waals surface area contributed by atoms with E-state index >= 15 is 0 Å². The van der Waals surface area contributed by atoms with Gasteiger partial charge in [0.15, 0.2) is 0 Å². The molecule has 0 bridgehead atoms. The van der Waals surface area contributed by atoms with Gasteiger partial charge in [0.2, 0.25) is 6.10 Å². The normalized spacial score (nSPS) is 15.4. The lowest BCUT2D eigenvalue weighted by Gasteiger charge is -2.25. The van der Waals surface area contributed by atoms with Crippen LogP contribution in [0, 0.1) is 6.92 Å². The second kappa shape index (κ2) is 5.82. The number of benzene rings is 1. The molecule has 0 saturated carbocycles. The third-order valence-electron chi connectivity index (χ3n) is 2.93. The highest BCUT2D eigenvalue weighted by molar-refractivity contribution is 5.36. The van der Waals surface area contributed by atoms with Gasteiger partial charge in [-0.3, -0.25) is 0 Å². The van der Waals surface area contributed by atoms with E-state index in [4.69, 9.17) is 10.5 Å². The Hall–Kier alpha value is -1.23. The van der Waals surface area contributed by atoms with E-state index in [1.54, 1.807) is 18.2 Å². The number of nitrogens with two attached hydrogens (primary N) is 1. The number of hydrogen-bond acceptors (Lipinski definition) is 2. The first-order valence-electron chi connectivity index (χ1n) is 6.22. The summed E-state index contributed by atoms with van der Waals surface area (Å²) in [4.78, 5) is 0. The summed E-state index contributed by atoms with van der Waals surface area (Å²) in [6, 6.07) is 3.86. The summed E-state index contributed by atoms with van der Waals surface area (Å²) in [6.45, 7) is 7.21. The number of alkyl halides is 3. The predicted molar refractivity (Wildman–Crippen MR) is 69.4 cm³/mol. The van der Waals surface area contributed by atoms with Crippen LogP contribution in [0.3, 0.4) is 0 Å². The molecule has 1 aromatic rings. The van der Waals surface area contributed by atoms with Gasteiger partial charge in [-0.25, -0.2) is 0 Å². The average Bonchev–Trinajstić information content (AvgIpc) is 2.23. The molecule has 2 nitrogen and oxygen atoms in total. The number of rotatable bonds is 4. The summed E-state index contributed by atoms with van der Waals surface area (Å²) in [5.41, 5.74) is 7.35. The van der Waals surface area contributed by atoms with Gasteiger partial charge in [-0.2, -0.15) is 13.2 Å². The van der Waals surface area contributed by atoms with Crippen LogP contribution >= 0.6 is 0 Å². The third-order valence-corrected chi connectivity index (χ3v) is 2.93. The van der Waals surface area contributed by atoms with Crippen LogP contribution in [-0.2, 0) is 0 Å². The molecule has 1 rings (SSSR count). The molecule has 0 aliphatic carbocycles. The van der Waals surface area contributed by atoms with Crippen LogP contribution in [0.1, 0.15) is 37.8 Å². The minimum Gasteiger partial charge on any atom is -0.479 e. The van der Waals surface area contributed by atoms with E-state index in [0.29, 0.717) is 5.92 Å². The van der Waals surface area contributed by atoms with Crippen LogP contribution < -0.4 is 10.5 Å². The molecule has 0 aliphatic rings. The molecule has 0 aromatic heterocycles. The first-order chi connectivity index (χ1) is 8.62. The Kier molecular flexibility index (Phi) is 4.85. The minimum atomic E-state index is -4.47. The van der Waals surface area contributed by atoms with Crippen molar-refractivity contribution in [3.63, 3.8) is 0 Å². The van der Waals surface area contributed by atoms with E-state index in [1.165, 1.54) is 6.92 Å². The summed E-state index contributed by atoms with van der Waals surface area (Å²) in [7, 11) is 0. The fourth-order valence-electron chi connectivity index (χ4n) is 1.99. The van der Waals surface area contributed by atoms with Gasteiger partial charge in [-0.05, 0) is 43.0 Å². The van der Waals surface area contributed by atoms with E-state index in [-0.39, 0.29) is 5.75 Å². The van der Waals surface area contributed by atoms with E-state index in [0.717, 1.165) is 11.1 Å². The highest BCUT2D eigenvalue weighted by atomic mass is 19.4. The summed E-state index contributed by atoms with van der Waals surface area (Å²) in [5, 5.41) is 0. The molecule has 19 heavy (non-hydrogen) atoms. The van der Waals surface area contributed by atoms with Crippen LogP contribution in [0.15, 0.2) is 18.2 Å². The number of aryl methyl sites for hydroxylation is 1. The van der Waals surface area contributed by atoms with E-state index in [2.05, 4.69) is 0 Å². The third kappa shape index (κ3) is 4.13. The van der Waals surface area contributed by atoms with Crippen molar-refractivity contribution in [3.05, 3.63) is 29.3 Å². The molecule has 0 radical (unpaired) electrons. The minimum absolute atomic E-state index is 0.196. The van der Waals surface area contributed by atoms with Gasteiger partial charge in [0.1, 0.15) is 5.75 Å². The average molecular weight is 275 g/mol. The smallest absolute Gasteiger partial charge is 0.426 e. The van der Waals surface area contributed by atoms with E-state index in [9.17, 15) is 13.2 Å². The molecule has 1 aromatic carbocycles. The number of halogens is 3. The molecule has 0 saturated heterocycles. The second-order valence-corrected chi connectivity index (χ2v) is 5.11. The fourth-order valence-corrected chi connectivity index (χ4v) is 1.99. The van der Waals surface area contributed by atoms with Crippen LogP contribution in [0.4, 0.5) is 13.2 Å². The van der Waals surface area contributed by atoms with Crippen LogP contribution in [-0.4, -0.2) is 18.3 Å². The maximum absolute atomic E-state index is 12.8. The Morgan fingerprint density at radius 1 is 1.16 bits per heavy atom. The summed E-state index contributed by atoms with van der Waals surface area (Å²) >= 11 is 0. The van der Waals surface area contributed by atoms with Gasteiger partial charge in [0.25, 0.3) is 0 Å². The van der Waals surface area contributed by atoms with Gasteiger partial charge in [-0.1, -0.05) is 19.9 Å². The van der Waals surface area contributed by atoms with Crippen molar-refractivity contribution in [2.45, 2.75) is 51.9 Å². The van der Waals surface area contributed by atoms with Crippen molar-refractivity contribution in [2.75, 3.05) is 0 Å². The summed E-state index contributed by atoms with van der Waals surface area (Å²) < 4.78 is 43.3. The second-order valence-electron chi connectivity index (χ2n) is 5.11. The lowest BCUT2D eigenvalue weighted by atomic mass is 9.98. The molecule has 0 spiro atoms. The predicted octanol–water partition coefficient (Wildman–Crippen LogP) is 3.78. The molecule has 108 valence electrons. The molecule has 0 amide bonds. The Morgan fingerprint density at radius 2 is 1.74 bits per heavy atom. The lowest BCUT2D eigenvalue weighted by Crippen LogP contribution is -2.47. The molecule has 2 atom stereocenters. The Bertz CT molecular complexity index is 427. The molecule has 5 heteroatoms. The van der Waals surface area contributed by atoms with Gasteiger partial charge >= 0.3 is 6.18 Å². The number of hydrogen-bond donors (Lipinski definition) is 1. The van der Waals surface area contributed by atoms with Crippen molar-refractivity contribution >= 4 is 0 Å². The zero-order chi connectivity index (χ0) is 14.8. The maximum atomic E-state index is 12.8. The van der Waals surface area contributed by atoms with Gasteiger partial charge in [-0.15, -0.1) is 0 Å². The topological polar surface area (TPSA) is 35.2 Å². The van der Waals surface area contributed by atoms with Gasteiger partial charge < -0.3 is 10.5 Å². The summed E-state index contributed by atoms with van der Waals surface area (Å²) in [5.74, 6) is 0.516. The Morgan fingerprint density at radius 3 is 2.11 bits per heavy atom. The van der Waals surface area contributed by atoms with Crippen molar-refractivity contribution in [2.24, 2.45) is 5.73 Å². The maximum Gasteiger partial charge on any atom is 0.426 e. The lowest BCUT2D eigenvalue weighted by molar-refractivity contribution is -0.199. The molecule has 0 heterocycles. The van der Waals surface area contributed by atoms with Crippen molar-refractivity contribution in [1.82, 2.24) is 0 Å². The molecule has 2 N–H and O–H groups in total. The largest absolute Gasteiger partial charge is 0.479 e. The van der Waals surface area contributed by atoms with Crippen LogP contribution in [0.25, 0.3) is 0 Å². The zero-order valence-electron chi connectivity index (χ0n) is 11.6. The van der Waals surface area contributed by atoms with Crippen molar-refractivity contribution in [1.29, 1.82) is 0 Å². The monoisotopic (exact) mass is 275 g/mol. The first-order valence-corrected chi connectivity index (χ1v) is 6.22. The van der Waals surface area contributed by atoms with Gasteiger partial charge in [0, 0.05) is 6.04 Å². The highest BCUT2D eigenvalue weighted by Gasteiger charge is 2.44. The highest BCUT2D eigenvalue weighted by Crippen LogP contribution is 2.29. The van der Waals surface area contributed by atoms with Gasteiger partial charge in [0.05, 0.1) is 0 Å². The quantitative estimate of drug-likeness (QED) is 0.907. The summed E-state index contributed by atoms with van der Waals surface area (Å²) in [6.07, 6.45) is -6.46. The van der Waals surface area contributed by atoms with Crippen molar-refractivity contribution in [3.8, 4) is 5.75 Å². The fraction of sp³-hybridized carbons (Fsp3) is 0.571. The standard InChI is InChI=1S/C14H20F3NO/c1-8(2)12-6-5-11(7-9(12)3)19-13(10(4)18)14(15,16)17/h5-8,10,13H,18H2,1-4H3. The number of ether oxygens (including phenoxy) is 1. The van der Waals surface area contributed by atoms with Crippen molar-refractivity contribution < 1.29 is 17.9 Å². The molecular formula is C14H20F3NO. The zero-order valence-corrected chi connectivity index (χ0v) is 11.6. The molecule has 0 fully saturated rings.